The molecule has 7 heteroatoms. The summed E-state index contributed by atoms with van der Waals surface area (Å²) in [5, 5.41) is 5.55. The molecule has 2 N–H and O–H groups in total. The van der Waals surface area contributed by atoms with E-state index in [4.69, 9.17) is 27.9 Å². The molecule has 4 rings (SSSR count). The van der Waals surface area contributed by atoms with Crippen molar-refractivity contribution in [3.63, 3.8) is 0 Å². The Morgan fingerprint density at radius 3 is 2.89 bits per heavy atom. The lowest BCUT2D eigenvalue weighted by Crippen LogP contribution is -2.26. The fraction of sp³-hybridized carbons (Fsp3) is 0.143. The van der Waals surface area contributed by atoms with Crippen LogP contribution in [-0.4, -0.2) is 29.0 Å². The smallest absolute Gasteiger partial charge is 0.269 e. The number of rotatable bonds is 6. The Labute approximate surface area is 171 Å². The number of benzene rings is 2. The lowest BCUT2D eigenvalue weighted by molar-refractivity contribution is 0.0947. The Morgan fingerprint density at radius 2 is 2.00 bits per heavy atom. The summed E-state index contributed by atoms with van der Waals surface area (Å²) >= 11 is 12.3. The van der Waals surface area contributed by atoms with Crippen molar-refractivity contribution in [3.05, 3.63) is 70.5 Å². The lowest BCUT2D eigenvalue weighted by atomic mass is 10.2. The number of fused-ring (bicyclic) bond motifs is 2. The van der Waals surface area contributed by atoms with Crippen LogP contribution in [0.4, 0.5) is 0 Å². The first-order chi connectivity index (χ1) is 13.6. The number of halogens is 2. The number of nitrogens with one attached hydrogen (secondary N) is 2. The number of nitrogens with zero attached hydrogens (tertiary/aromatic N) is 1. The number of ether oxygens (including phenoxy) is 1. The third kappa shape index (κ3) is 3.77. The normalized spacial score (nSPS) is 11.1. The molecule has 0 aliphatic carbocycles. The molecule has 0 unspecified atom stereocenters. The van der Waals surface area contributed by atoms with Crippen LogP contribution in [0.3, 0.4) is 0 Å². The molecule has 28 heavy (non-hydrogen) atoms. The quantitative estimate of drug-likeness (QED) is 0.425. The summed E-state index contributed by atoms with van der Waals surface area (Å²) in [6, 6.07) is 15.0. The van der Waals surface area contributed by atoms with Crippen molar-refractivity contribution in [1.82, 2.24) is 15.3 Å². The summed E-state index contributed by atoms with van der Waals surface area (Å²) in [7, 11) is 0. The standard InChI is InChI=1S/C21H17Cl2N3O2/c22-14-7-8-16-15(12-14)18(23)20(26-16)21(27)25-10-3-11-28-17-6-1-4-13-5-2-9-24-19(13)17/h1-2,4-9,12,26H,3,10-11H2,(H,25,27). The highest BCUT2D eigenvalue weighted by molar-refractivity contribution is 6.39. The third-order valence-electron chi connectivity index (χ3n) is 4.38. The van der Waals surface area contributed by atoms with Crippen molar-refractivity contribution in [3.8, 4) is 5.75 Å². The second-order valence-corrected chi connectivity index (χ2v) is 7.11. The molecule has 0 bridgehead atoms. The highest BCUT2D eigenvalue weighted by atomic mass is 35.5. The van der Waals surface area contributed by atoms with Gasteiger partial charge in [-0.15, -0.1) is 0 Å². The monoisotopic (exact) mass is 413 g/mol. The third-order valence-corrected chi connectivity index (χ3v) is 5.01. The van der Waals surface area contributed by atoms with Crippen molar-refractivity contribution >= 4 is 50.9 Å². The van der Waals surface area contributed by atoms with Gasteiger partial charge in [-0.3, -0.25) is 9.78 Å². The molecule has 2 aromatic heterocycles. The van der Waals surface area contributed by atoms with Crippen molar-refractivity contribution < 1.29 is 9.53 Å². The minimum Gasteiger partial charge on any atom is -0.491 e. The van der Waals surface area contributed by atoms with Crippen molar-refractivity contribution in [2.45, 2.75) is 6.42 Å². The van der Waals surface area contributed by atoms with E-state index in [1.807, 2.05) is 30.3 Å². The van der Waals surface area contributed by atoms with E-state index >= 15 is 0 Å². The maximum Gasteiger partial charge on any atom is 0.269 e. The Kier molecular flexibility index (Phi) is 5.37. The zero-order valence-corrected chi connectivity index (χ0v) is 16.3. The second kappa shape index (κ2) is 8.09. The van der Waals surface area contributed by atoms with Crippen molar-refractivity contribution in [2.75, 3.05) is 13.2 Å². The van der Waals surface area contributed by atoms with Crippen LogP contribution in [0.1, 0.15) is 16.9 Å². The SMILES string of the molecule is O=C(NCCCOc1cccc2cccnc12)c1[nH]c2ccc(Cl)cc2c1Cl. The highest BCUT2D eigenvalue weighted by Crippen LogP contribution is 2.29. The first kappa shape index (κ1) is 18.6. The van der Waals surface area contributed by atoms with E-state index in [1.54, 1.807) is 24.4 Å². The molecule has 5 nitrogen and oxygen atoms in total. The summed E-state index contributed by atoms with van der Waals surface area (Å²) in [6.45, 7) is 0.926. The van der Waals surface area contributed by atoms with Gasteiger partial charge in [0.25, 0.3) is 5.91 Å². The van der Waals surface area contributed by atoms with Gasteiger partial charge in [0.05, 0.1) is 11.6 Å². The van der Waals surface area contributed by atoms with Crippen molar-refractivity contribution in [1.29, 1.82) is 0 Å². The van der Waals surface area contributed by atoms with Gasteiger partial charge >= 0.3 is 0 Å². The van der Waals surface area contributed by atoms with Crippen LogP contribution in [0.15, 0.2) is 54.7 Å². The molecule has 0 aliphatic heterocycles. The van der Waals surface area contributed by atoms with Crippen LogP contribution in [0.5, 0.6) is 5.75 Å². The van der Waals surface area contributed by atoms with Gasteiger partial charge in [0.2, 0.25) is 0 Å². The van der Waals surface area contributed by atoms with Crippen LogP contribution in [0.2, 0.25) is 10.0 Å². The van der Waals surface area contributed by atoms with Crippen molar-refractivity contribution in [2.24, 2.45) is 0 Å². The summed E-state index contributed by atoms with van der Waals surface area (Å²) < 4.78 is 5.83. The average Bonchev–Trinajstić information content (AvgIpc) is 3.04. The Balaban J connectivity index is 1.33. The van der Waals surface area contributed by atoms with Gasteiger partial charge in [-0.05, 0) is 36.8 Å². The number of aromatic amines is 1. The van der Waals surface area contributed by atoms with Gasteiger partial charge in [-0.25, -0.2) is 0 Å². The molecule has 1 amide bonds. The molecule has 2 heterocycles. The number of amides is 1. The number of carbonyl (C=O) groups excluding carboxylic acids is 1. The molecule has 0 fully saturated rings. The van der Waals surface area contributed by atoms with E-state index in [0.29, 0.717) is 35.3 Å². The zero-order valence-electron chi connectivity index (χ0n) is 14.8. The fourth-order valence-corrected chi connectivity index (χ4v) is 3.49. The van der Waals surface area contributed by atoms with Gasteiger partial charge in [0.1, 0.15) is 17.0 Å². The fourth-order valence-electron chi connectivity index (χ4n) is 3.03. The van der Waals surface area contributed by atoms with Crippen LogP contribution >= 0.6 is 23.2 Å². The number of pyridine rings is 1. The van der Waals surface area contributed by atoms with Crippen LogP contribution in [0, 0.1) is 0 Å². The number of hydrogen-bond donors (Lipinski definition) is 2. The molecule has 4 aromatic rings. The lowest BCUT2D eigenvalue weighted by Gasteiger charge is -2.09. The Morgan fingerprint density at radius 1 is 1.14 bits per heavy atom. The van der Waals surface area contributed by atoms with Gasteiger partial charge < -0.3 is 15.0 Å². The van der Waals surface area contributed by atoms with Crippen LogP contribution in [-0.2, 0) is 0 Å². The summed E-state index contributed by atoms with van der Waals surface area (Å²) in [4.78, 5) is 19.8. The topological polar surface area (TPSA) is 67.0 Å². The molecule has 0 saturated carbocycles. The van der Waals surface area contributed by atoms with E-state index in [1.165, 1.54) is 0 Å². The van der Waals surface area contributed by atoms with E-state index in [0.717, 1.165) is 27.6 Å². The largest absolute Gasteiger partial charge is 0.491 e. The number of para-hydroxylation sites is 1. The number of hydrogen-bond acceptors (Lipinski definition) is 3. The number of carbonyl (C=O) groups is 1. The van der Waals surface area contributed by atoms with E-state index in [9.17, 15) is 4.79 Å². The molecule has 0 spiro atoms. The van der Waals surface area contributed by atoms with Crippen LogP contribution in [0.25, 0.3) is 21.8 Å². The maximum atomic E-state index is 12.4. The minimum absolute atomic E-state index is 0.260. The van der Waals surface area contributed by atoms with Gasteiger partial charge in [0, 0.05) is 34.1 Å². The first-order valence-corrected chi connectivity index (χ1v) is 9.60. The molecule has 0 aliphatic rings. The molecule has 0 saturated heterocycles. The number of H-pyrrole nitrogens is 1. The van der Waals surface area contributed by atoms with Gasteiger partial charge in [-0.2, -0.15) is 0 Å². The van der Waals surface area contributed by atoms with Crippen LogP contribution < -0.4 is 10.1 Å². The molecule has 2 aromatic carbocycles. The predicted molar refractivity (Wildman–Crippen MR) is 113 cm³/mol. The molecular formula is C21H17Cl2N3O2. The molecule has 0 radical (unpaired) electrons. The zero-order chi connectivity index (χ0) is 19.5. The second-order valence-electron chi connectivity index (χ2n) is 6.29. The average molecular weight is 414 g/mol. The Bertz CT molecular complexity index is 1150. The highest BCUT2D eigenvalue weighted by Gasteiger charge is 2.16. The molecule has 142 valence electrons. The molecule has 0 atom stereocenters. The van der Waals surface area contributed by atoms with Gasteiger partial charge in [0.15, 0.2) is 0 Å². The first-order valence-electron chi connectivity index (χ1n) is 8.85. The van der Waals surface area contributed by atoms with E-state index in [2.05, 4.69) is 15.3 Å². The summed E-state index contributed by atoms with van der Waals surface area (Å²) in [5.74, 6) is 0.476. The molecular weight excluding hydrogens is 397 g/mol. The minimum atomic E-state index is -0.260. The predicted octanol–water partition coefficient (Wildman–Crippen LogP) is 5.22. The summed E-state index contributed by atoms with van der Waals surface area (Å²) in [6.07, 6.45) is 2.39. The van der Waals surface area contributed by atoms with Gasteiger partial charge in [-0.1, -0.05) is 41.4 Å². The maximum absolute atomic E-state index is 12.4. The number of aromatic nitrogens is 2. The summed E-state index contributed by atoms with van der Waals surface area (Å²) in [5.41, 5.74) is 1.93. The Hall–Kier alpha value is -2.76. The van der Waals surface area contributed by atoms with E-state index < -0.39 is 0 Å². The van der Waals surface area contributed by atoms with E-state index in [-0.39, 0.29) is 5.91 Å².